The summed E-state index contributed by atoms with van der Waals surface area (Å²) in [7, 11) is 0. The van der Waals surface area contributed by atoms with Gasteiger partial charge in [0.2, 0.25) is 5.13 Å². The van der Waals surface area contributed by atoms with E-state index >= 15 is 0 Å². The summed E-state index contributed by atoms with van der Waals surface area (Å²) in [6.45, 7) is 2.47. The Labute approximate surface area is 142 Å². The first-order valence-electron chi connectivity index (χ1n) is 7.67. The van der Waals surface area contributed by atoms with Gasteiger partial charge in [0, 0.05) is 18.7 Å². The summed E-state index contributed by atoms with van der Waals surface area (Å²) in [6, 6.07) is 9.55. The average Bonchev–Trinajstić information content (AvgIpc) is 3.23. The van der Waals surface area contributed by atoms with Crippen LogP contribution < -0.4 is 5.32 Å². The maximum atomic E-state index is 12.8. The van der Waals surface area contributed by atoms with E-state index in [-0.39, 0.29) is 12.1 Å². The number of nitrogens with zero attached hydrogens (tertiary/aromatic N) is 4. The molecule has 0 fully saturated rings. The van der Waals surface area contributed by atoms with Crippen molar-refractivity contribution >= 4 is 22.5 Å². The summed E-state index contributed by atoms with van der Waals surface area (Å²) >= 11 is 1.36. The van der Waals surface area contributed by atoms with Crippen LogP contribution in [0.5, 0.6) is 0 Å². The van der Waals surface area contributed by atoms with Gasteiger partial charge in [0.1, 0.15) is 11.0 Å². The Morgan fingerprint density at radius 1 is 1.33 bits per heavy atom. The van der Waals surface area contributed by atoms with Gasteiger partial charge in [-0.05, 0) is 12.5 Å². The van der Waals surface area contributed by atoms with E-state index in [1.165, 1.54) is 11.3 Å². The molecule has 0 saturated carbocycles. The van der Waals surface area contributed by atoms with Crippen LogP contribution in [-0.2, 0) is 6.42 Å². The van der Waals surface area contributed by atoms with Gasteiger partial charge in [0.05, 0.1) is 12.0 Å². The number of amides is 2. The highest BCUT2D eigenvalue weighted by atomic mass is 32.1. The van der Waals surface area contributed by atoms with Gasteiger partial charge in [-0.25, -0.2) is 9.78 Å². The topological polar surface area (TPSA) is 86.8 Å². The van der Waals surface area contributed by atoms with Crippen molar-refractivity contribution in [1.29, 1.82) is 0 Å². The van der Waals surface area contributed by atoms with E-state index in [0.29, 0.717) is 11.7 Å². The van der Waals surface area contributed by atoms with Crippen LogP contribution in [0.2, 0.25) is 0 Å². The molecule has 1 aliphatic heterocycles. The van der Waals surface area contributed by atoms with Crippen molar-refractivity contribution in [3.8, 4) is 0 Å². The summed E-state index contributed by atoms with van der Waals surface area (Å²) in [5, 5.41) is 12.1. The molecular weight excluding hydrogens is 324 g/mol. The number of nitrogens with one attached hydrogen (secondary N) is 2. The number of imidazole rings is 1. The lowest BCUT2D eigenvalue weighted by Gasteiger charge is -2.34. The Bertz CT molecular complexity index is 858. The molecule has 0 spiro atoms. The van der Waals surface area contributed by atoms with Crippen LogP contribution in [0.15, 0.2) is 36.7 Å². The first kappa shape index (κ1) is 14.8. The number of rotatable bonds is 2. The van der Waals surface area contributed by atoms with Gasteiger partial charge in [-0.3, -0.25) is 5.32 Å². The summed E-state index contributed by atoms with van der Waals surface area (Å²) in [4.78, 5) is 22.2. The minimum absolute atomic E-state index is 0.186. The van der Waals surface area contributed by atoms with Gasteiger partial charge < -0.3 is 9.88 Å². The zero-order chi connectivity index (χ0) is 16.5. The summed E-state index contributed by atoms with van der Waals surface area (Å²) in [5.74, 6) is 0. The van der Waals surface area contributed by atoms with Crippen LogP contribution in [0, 0.1) is 6.92 Å². The number of anilines is 1. The van der Waals surface area contributed by atoms with E-state index in [4.69, 9.17) is 0 Å². The van der Waals surface area contributed by atoms with Crippen molar-refractivity contribution in [1.82, 2.24) is 25.1 Å². The monoisotopic (exact) mass is 340 g/mol. The SMILES string of the molecule is Cc1nnc(NC(=O)N2CCc3[nH]cnc3C2c2ccccc2)s1. The van der Waals surface area contributed by atoms with Gasteiger partial charge in [0.25, 0.3) is 0 Å². The molecule has 0 radical (unpaired) electrons. The molecule has 0 bridgehead atoms. The number of urea groups is 1. The molecular formula is C16H16N6OS. The number of benzene rings is 1. The third-order valence-electron chi connectivity index (χ3n) is 4.04. The van der Waals surface area contributed by atoms with E-state index in [1.807, 2.05) is 37.3 Å². The fourth-order valence-electron chi connectivity index (χ4n) is 2.98. The molecule has 122 valence electrons. The standard InChI is InChI=1S/C16H16N6OS/c1-10-20-21-15(24-10)19-16(23)22-8-7-12-13(18-9-17-12)14(22)11-5-3-2-4-6-11/h2-6,9,14H,7-8H2,1H3,(H,17,18)(H,19,21,23). The zero-order valence-corrected chi connectivity index (χ0v) is 13.9. The molecule has 2 aromatic heterocycles. The molecule has 0 saturated heterocycles. The first-order chi connectivity index (χ1) is 11.7. The summed E-state index contributed by atoms with van der Waals surface area (Å²) < 4.78 is 0. The molecule has 1 atom stereocenters. The molecule has 7 nitrogen and oxygen atoms in total. The van der Waals surface area contributed by atoms with Crippen molar-refractivity contribution in [2.24, 2.45) is 0 Å². The minimum Gasteiger partial charge on any atom is -0.348 e. The Balaban J connectivity index is 1.67. The quantitative estimate of drug-likeness (QED) is 0.751. The molecule has 1 aliphatic rings. The number of H-pyrrole nitrogens is 1. The second kappa shape index (κ2) is 6.04. The Kier molecular flexibility index (Phi) is 3.73. The molecule has 0 aliphatic carbocycles. The van der Waals surface area contributed by atoms with Crippen molar-refractivity contribution in [3.05, 3.63) is 58.6 Å². The normalized spacial score (nSPS) is 16.7. The third-order valence-corrected chi connectivity index (χ3v) is 4.80. The maximum Gasteiger partial charge on any atom is 0.324 e. The van der Waals surface area contributed by atoms with E-state index in [9.17, 15) is 4.79 Å². The van der Waals surface area contributed by atoms with Gasteiger partial charge in [0.15, 0.2) is 0 Å². The highest BCUT2D eigenvalue weighted by Crippen LogP contribution is 2.33. The molecule has 1 aromatic carbocycles. The largest absolute Gasteiger partial charge is 0.348 e. The minimum atomic E-state index is -0.213. The molecule has 1 unspecified atom stereocenters. The van der Waals surface area contributed by atoms with Crippen molar-refractivity contribution in [2.45, 2.75) is 19.4 Å². The fourth-order valence-corrected chi connectivity index (χ4v) is 3.56. The average molecular weight is 340 g/mol. The number of aromatic amines is 1. The molecule has 3 aromatic rings. The fraction of sp³-hybridized carbons (Fsp3) is 0.250. The number of aromatic nitrogens is 4. The van der Waals surface area contributed by atoms with Crippen LogP contribution in [0.1, 0.15) is 28.0 Å². The van der Waals surface area contributed by atoms with Crippen LogP contribution in [0.25, 0.3) is 0 Å². The Hall–Kier alpha value is -2.74. The van der Waals surface area contributed by atoms with Crippen LogP contribution >= 0.6 is 11.3 Å². The third kappa shape index (κ3) is 2.65. The van der Waals surface area contributed by atoms with Gasteiger partial charge >= 0.3 is 6.03 Å². The van der Waals surface area contributed by atoms with Crippen LogP contribution in [-0.4, -0.2) is 37.6 Å². The Morgan fingerprint density at radius 2 is 2.17 bits per heavy atom. The van der Waals surface area contributed by atoms with E-state index < -0.39 is 0 Å². The Morgan fingerprint density at radius 3 is 2.92 bits per heavy atom. The summed E-state index contributed by atoms with van der Waals surface area (Å²) in [5.41, 5.74) is 3.02. The molecule has 8 heteroatoms. The van der Waals surface area contributed by atoms with Gasteiger partial charge in [-0.1, -0.05) is 41.7 Å². The number of carbonyl (C=O) groups excluding carboxylic acids is 1. The van der Waals surface area contributed by atoms with Crippen molar-refractivity contribution in [3.63, 3.8) is 0 Å². The molecule has 4 rings (SSSR count). The van der Waals surface area contributed by atoms with Crippen molar-refractivity contribution in [2.75, 3.05) is 11.9 Å². The predicted octanol–water partition coefficient (Wildman–Crippen LogP) is 2.75. The predicted molar refractivity (Wildman–Crippen MR) is 90.9 cm³/mol. The lowest BCUT2D eigenvalue weighted by Crippen LogP contribution is -2.43. The van der Waals surface area contributed by atoms with Gasteiger partial charge in [-0.2, -0.15) is 0 Å². The lowest BCUT2D eigenvalue weighted by molar-refractivity contribution is 0.192. The second-order valence-electron chi connectivity index (χ2n) is 5.58. The molecule has 3 heterocycles. The molecule has 2 amide bonds. The summed E-state index contributed by atoms with van der Waals surface area (Å²) in [6.07, 6.45) is 2.44. The highest BCUT2D eigenvalue weighted by molar-refractivity contribution is 7.15. The zero-order valence-electron chi connectivity index (χ0n) is 13.1. The lowest BCUT2D eigenvalue weighted by atomic mass is 9.96. The van der Waals surface area contributed by atoms with Crippen molar-refractivity contribution < 1.29 is 4.79 Å². The maximum absolute atomic E-state index is 12.8. The number of aryl methyl sites for hydroxylation is 1. The van der Waals surface area contributed by atoms with E-state index in [0.717, 1.165) is 28.4 Å². The van der Waals surface area contributed by atoms with Gasteiger partial charge in [-0.15, -0.1) is 10.2 Å². The molecule has 2 N–H and O–H groups in total. The first-order valence-corrected chi connectivity index (χ1v) is 8.49. The van der Waals surface area contributed by atoms with E-state index in [2.05, 4.69) is 25.5 Å². The van der Waals surface area contributed by atoms with Crippen LogP contribution in [0.4, 0.5) is 9.93 Å². The number of fused-ring (bicyclic) bond motifs is 1. The number of carbonyl (C=O) groups is 1. The highest BCUT2D eigenvalue weighted by Gasteiger charge is 2.34. The number of hydrogen-bond acceptors (Lipinski definition) is 5. The van der Waals surface area contributed by atoms with Crippen LogP contribution in [0.3, 0.4) is 0 Å². The second-order valence-corrected chi connectivity index (χ2v) is 6.76. The molecule has 24 heavy (non-hydrogen) atoms. The smallest absolute Gasteiger partial charge is 0.324 e. The van der Waals surface area contributed by atoms with E-state index in [1.54, 1.807) is 11.2 Å². The number of hydrogen-bond donors (Lipinski definition) is 2.